The van der Waals surface area contributed by atoms with E-state index in [4.69, 9.17) is 16.6 Å². The predicted octanol–water partition coefficient (Wildman–Crippen LogP) is 4.57. The first kappa shape index (κ1) is 19.0. The van der Waals surface area contributed by atoms with E-state index >= 15 is 0 Å². The van der Waals surface area contributed by atoms with Crippen LogP contribution in [0.5, 0.6) is 0 Å². The van der Waals surface area contributed by atoms with Crippen molar-refractivity contribution in [1.82, 2.24) is 14.9 Å². The fourth-order valence-electron chi connectivity index (χ4n) is 3.37. The zero-order chi connectivity index (χ0) is 19.7. The Hall–Kier alpha value is -2.38. The smallest absolute Gasteiger partial charge is 0.321 e. The van der Waals surface area contributed by atoms with Crippen molar-refractivity contribution >= 4 is 50.7 Å². The third-order valence-electron chi connectivity index (χ3n) is 4.83. The van der Waals surface area contributed by atoms with Gasteiger partial charge in [0.15, 0.2) is 0 Å². The van der Waals surface area contributed by atoms with E-state index in [1.165, 1.54) is 4.88 Å². The van der Waals surface area contributed by atoms with Crippen molar-refractivity contribution in [3.05, 3.63) is 46.1 Å². The summed E-state index contributed by atoms with van der Waals surface area (Å²) < 4.78 is 0. The maximum absolute atomic E-state index is 12.6. The van der Waals surface area contributed by atoms with Gasteiger partial charge >= 0.3 is 6.03 Å². The minimum absolute atomic E-state index is 0.102. The summed E-state index contributed by atoms with van der Waals surface area (Å²) in [5, 5.41) is 4.64. The number of aryl methyl sites for hydroxylation is 2. The van der Waals surface area contributed by atoms with Gasteiger partial charge in [0.1, 0.15) is 16.5 Å². The number of carbonyl (C=O) groups is 1. The Bertz CT molecular complexity index is 1010. The minimum atomic E-state index is -0.102. The molecule has 8 heteroatoms. The van der Waals surface area contributed by atoms with Crippen LogP contribution in [0.3, 0.4) is 0 Å². The number of fused-ring (bicyclic) bond motifs is 1. The van der Waals surface area contributed by atoms with Crippen LogP contribution in [-0.2, 0) is 6.42 Å². The summed E-state index contributed by atoms with van der Waals surface area (Å²) >= 11 is 7.73. The normalized spacial score (nSPS) is 14.5. The molecule has 1 N–H and O–H groups in total. The number of thiophene rings is 1. The van der Waals surface area contributed by atoms with E-state index in [-0.39, 0.29) is 6.03 Å². The summed E-state index contributed by atoms with van der Waals surface area (Å²) in [6, 6.07) is 9.29. The van der Waals surface area contributed by atoms with Gasteiger partial charge in [0.25, 0.3) is 0 Å². The first-order valence-corrected chi connectivity index (χ1v) is 10.6. The van der Waals surface area contributed by atoms with Crippen LogP contribution in [0, 0.1) is 6.92 Å². The molecule has 2 amide bonds. The Morgan fingerprint density at radius 2 is 2.00 bits per heavy atom. The van der Waals surface area contributed by atoms with Crippen molar-refractivity contribution in [1.29, 1.82) is 0 Å². The zero-order valence-corrected chi connectivity index (χ0v) is 17.5. The molecule has 0 unspecified atom stereocenters. The summed E-state index contributed by atoms with van der Waals surface area (Å²) in [5.41, 5.74) is 0.707. The highest BCUT2D eigenvalue weighted by Crippen LogP contribution is 2.31. The number of halogens is 1. The van der Waals surface area contributed by atoms with Crippen LogP contribution < -0.4 is 10.2 Å². The molecule has 1 aliphatic rings. The molecule has 0 aliphatic carbocycles. The zero-order valence-electron chi connectivity index (χ0n) is 15.9. The van der Waals surface area contributed by atoms with E-state index < -0.39 is 0 Å². The Balaban J connectivity index is 1.46. The van der Waals surface area contributed by atoms with Crippen LogP contribution in [0.1, 0.15) is 17.6 Å². The number of benzene rings is 1. The number of carbonyl (C=O) groups excluding carboxylic acids is 1. The number of urea groups is 1. The Kier molecular flexibility index (Phi) is 5.37. The average Bonchev–Trinajstić information content (AvgIpc) is 3.10. The maximum Gasteiger partial charge on any atom is 0.321 e. The second-order valence-corrected chi connectivity index (χ2v) is 8.35. The molecule has 2 aromatic heterocycles. The van der Waals surface area contributed by atoms with Crippen molar-refractivity contribution < 1.29 is 4.79 Å². The van der Waals surface area contributed by atoms with Crippen molar-refractivity contribution in [2.75, 3.05) is 36.4 Å². The number of nitrogens with one attached hydrogen (secondary N) is 1. The van der Waals surface area contributed by atoms with Gasteiger partial charge in [-0.15, -0.1) is 11.3 Å². The lowest BCUT2D eigenvalue weighted by atomic mass is 10.2. The first-order valence-electron chi connectivity index (χ1n) is 9.37. The second kappa shape index (κ2) is 7.93. The minimum Gasteiger partial charge on any atom is -0.352 e. The number of hydrogen-bond donors (Lipinski definition) is 1. The molecule has 3 heterocycles. The highest BCUT2D eigenvalue weighted by molar-refractivity contribution is 7.18. The lowest BCUT2D eigenvalue weighted by Crippen LogP contribution is -2.50. The predicted molar refractivity (Wildman–Crippen MR) is 116 cm³/mol. The van der Waals surface area contributed by atoms with Crippen LogP contribution in [0.15, 0.2) is 30.3 Å². The van der Waals surface area contributed by atoms with Crippen LogP contribution in [0.2, 0.25) is 5.02 Å². The molecule has 0 spiro atoms. The number of hydrogen-bond acceptors (Lipinski definition) is 5. The molecule has 0 radical (unpaired) electrons. The van der Waals surface area contributed by atoms with Crippen molar-refractivity contribution in [2.45, 2.75) is 20.3 Å². The topological polar surface area (TPSA) is 61.4 Å². The number of rotatable bonds is 3. The summed E-state index contributed by atoms with van der Waals surface area (Å²) in [7, 11) is 0. The van der Waals surface area contributed by atoms with Crippen LogP contribution >= 0.6 is 22.9 Å². The molecule has 6 nitrogen and oxygen atoms in total. The number of piperazine rings is 1. The lowest BCUT2D eigenvalue weighted by Gasteiger charge is -2.35. The largest absolute Gasteiger partial charge is 0.352 e. The molecule has 0 saturated carbocycles. The lowest BCUT2D eigenvalue weighted by molar-refractivity contribution is 0.208. The highest BCUT2D eigenvalue weighted by Gasteiger charge is 2.24. The Labute approximate surface area is 173 Å². The molecule has 0 bridgehead atoms. The van der Waals surface area contributed by atoms with Gasteiger partial charge < -0.3 is 15.1 Å². The summed E-state index contributed by atoms with van der Waals surface area (Å²) in [6.07, 6.45) is 0.997. The molecular weight excluding hydrogens is 394 g/mol. The van der Waals surface area contributed by atoms with Gasteiger partial charge in [-0.1, -0.05) is 24.6 Å². The number of amides is 2. The SMILES string of the molecule is CCc1cc2c(N3CCN(C(=O)Nc4cccc(Cl)c4)CC3)nc(C)nc2s1. The van der Waals surface area contributed by atoms with Gasteiger partial charge in [0, 0.05) is 41.8 Å². The van der Waals surface area contributed by atoms with Gasteiger partial charge in [-0.05, 0) is 37.6 Å². The van der Waals surface area contributed by atoms with E-state index in [1.807, 2.05) is 24.0 Å². The van der Waals surface area contributed by atoms with Gasteiger partial charge in [-0.3, -0.25) is 0 Å². The highest BCUT2D eigenvalue weighted by atomic mass is 35.5. The van der Waals surface area contributed by atoms with E-state index in [1.54, 1.807) is 23.5 Å². The van der Waals surface area contributed by atoms with Gasteiger partial charge in [-0.25, -0.2) is 14.8 Å². The Morgan fingerprint density at radius 1 is 1.21 bits per heavy atom. The van der Waals surface area contributed by atoms with Crippen molar-refractivity contribution in [2.24, 2.45) is 0 Å². The number of aromatic nitrogens is 2. The quantitative estimate of drug-likeness (QED) is 0.680. The fourth-order valence-corrected chi connectivity index (χ4v) is 4.56. The Morgan fingerprint density at radius 3 is 2.71 bits per heavy atom. The van der Waals surface area contributed by atoms with Gasteiger partial charge in [0.05, 0.1) is 5.39 Å². The molecule has 4 rings (SSSR count). The van der Waals surface area contributed by atoms with Crippen molar-refractivity contribution in [3.8, 4) is 0 Å². The van der Waals surface area contributed by atoms with Crippen LogP contribution in [0.4, 0.5) is 16.3 Å². The van der Waals surface area contributed by atoms with E-state index in [9.17, 15) is 4.79 Å². The third kappa shape index (κ3) is 3.91. The maximum atomic E-state index is 12.6. The monoisotopic (exact) mass is 415 g/mol. The molecule has 1 aliphatic heterocycles. The number of nitrogens with zero attached hydrogens (tertiary/aromatic N) is 4. The molecule has 28 heavy (non-hydrogen) atoms. The fraction of sp³-hybridized carbons (Fsp3) is 0.350. The summed E-state index contributed by atoms with van der Waals surface area (Å²) in [6.45, 7) is 6.85. The standard InChI is InChI=1S/C20H22ClN5OS/c1-3-16-12-17-18(22-13(2)23-19(17)28-16)25-7-9-26(10-8-25)20(27)24-15-6-4-5-14(21)11-15/h4-6,11-12H,3,7-10H2,1-2H3,(H,24,27). The van der Waals surface area contributed by atoms with Gasteiger partial charge in [0.2, 0.25) is 0 Å². The summed E-state index contributed by atoms with van der Waals surface area (Å²) in [4.78, 5) is 28.3. The third-order valence-corrected chi connectivity index (χ3v) is 6.23. The molecule has 146 valence electrons. The molecule has 1 aromatic carbocycles. The first-order chi connectivity index (χ1) is 13.5. The van der Waals surface area contributed by atoms with E-state index in [0.717, 1.165) is 41.4 Å². The molecule has 3 aromatic rings. The average molecular weight is 416 g/mol. The second-order valence-electron chi connectivity index (χ2n) is 6.79. The molecule has 1 saturated heterocycles. The van der Waals surface area contributed by atoms with E-state index in [0.29, 0.717) is 23.8 Å². The van der Waals surface area contributed by atoms with Crippen LogP contribution in [0.25, 0.3) is 10.2 Å². The van der Waals surface area contributed by atoms with Crippen LogP contribution in [-0.4, -0.2) is 47.1 Å². The molecule has 0 atom stereocenters. The van der Waals surface area contributed by atoms with Crippen molar-refractivity contribution in [3.63, 3.8) is 0 Å². The van der Waals surface area contributed by atoms with E-state index in [2.05, 4.69) is 28.2 Å². The molecule has 1 fully saturated rings. The molecular formula is C20H22ClN5OS. The van der Waals surface area contributed by atoms with Gasteiger partial charge in [-0.2, -0.15) is 0 Å². The summed E-state index contributed by atoms with van der Waals surface area (Å²) in [5.74, 6) is 1.77. The number of anilines is 2.